The quantitative estimate of drug-likeness (QED) is 0.756. The molecule has 0 bridgehead atoms. The highest BCUT2D eigenvalue weighted by Gasteiger charge is 2.30. The average molecular weight is 265 g/mol. The summed E-state index contributed by atoms with van der Waals surface area (Å²) >= 11 is 0. The number of halogens is 1. The number of hydrogen-bond acceptors (Lipinski definition) is 4. The van der Waals surface area contributed by atoms with Gasteiger partial charge in [-0.3, -0.25) is 9.59 Å². The number of amides is 1. The van der Waals surface area contributed by atoms with Crippen molar-refractivity contribution < 1.29 is 14.3 Å². The van der Waals surface area contributed by atoms with Crippen molar-refractivity contribution in [2.45, 2.75) is 32.7 Å². The minimum atomic E-state index is -0.499. The highest BCUT2D eigenvalue weighted by Crippen LogP contribution is 2.18. The Kier molecular flexibility index (Phi) is 7.15. The van der Waals surface area contributed by atoms with Gasteiger partial charge in [0.25, 0.3) is 0 Å². The molecule has 1 fully saturated rings. The minimum absolute atomic E-state index is 0. The fourth-order valence-electron chi connectivity index (χ4n) is 1.92. The van der Waals surface area contributed by atoms with E-state index >= 15 is 0 Å². The number of esters is 1. The zero-order valence-corrected chi connectivity index (χ0v) is 11.2. The summed E-state index contributed by atoms with van der Waals surface area (Å²) in [5, 5.41) is 0. The molecular weight excluding hydrogens is 244 g/mol. The summed E-state index contributed by atoms with van der Waals surface area (Å²) < 4.78 is 4.96. The minimum Gasteiger partial charge on any atom is -0.466 e. The molecule has 1 rings (SSSR count). The van der Waals surface area contributed by atoms with E-state index in [1.54, 1.807) is 18.7 Å². The van der Waals surface area contributed by atoms with Crippen LogP contribution in [0.25, 0.3) is 0 Å². The van der Waals surface area contributed by atoms with Gasteiger partial charge in [-0.15, -0.1) is 12.4 Å². The predicted octanol–water partition coefficient (Wildman–Crippen LogP) is 0.557. The molecule has 1 amide bonds. The molecule has 2 unspecified atom stereocenters. The Bertz CT molecular complexity index is 271. The van der Waals surface area contributed by atoms with Gasteiger partial charge in [0.15, 0.2) is 0 Å². The summed E-state index contributed by atoms with van der Waals surface area (Å²) in [5.41, 5.74) is 5.54. The Hall–Kier alpha value is -0.810. The van der Waals surface area contributed by atoms with Crippen molar-refractivity contribution in [1.29, 1.82) is 0 Å². The van der Waals surface area contributed by atoms with Crippen molar-refractivity contribution in [2.24, 2.45) is 11.7 Å². The van der Waals surface area contributed by atoms with Crippen molar-refractivity contribution in [1.82, 2.24) is 4.90 Å². The van der Waals surface area contributed by atoms with Crippen LogP contribution in [-0.2, 0) is 14.3 Å². The molecule has 0 aromatic heterocycles. The summed E-state index contributed by atoms with van der Waals surface area (Å²) in [7, 11) is 0. The van der Waals surface area contributed by atoms with E-state index in [0.29, 0.717) is 19.7 Å². The molecule has 0 aromatic rings. The van der Waals surface area contributed by atoms with Gasteiger partial charge in [0.1, 0.15) is 0 Å². The van der Waals surface area contributed by atoms with Crippen LogP contribution < -0.4 is 5.73 Å². The first kappa shape index (κ1) is 16.2. The van der Waals surface area contributed by atoms with Crippen LogP contribution in [0.2, 0.25) is 0 Å². The number of hydrogen-bond donors (Lipinski definition) is 1. The summed E-state index contributed by atoms with van der Waals surface area (Å²) in [6, 6.07) is -0.499. The van der Waals surface area contributed by atoms with Crippen LogP contribution in [0.3, 0.4) is 0 Å². The van der Waals surface area contributed by atoms with E-state index in [2.05, 4.69) is 0 Å². The van der Waals surface area contributed by atoms with Crippen LogP contribution in [-0.4, -0.2) is 42.5 Å². The smallest absolute Gasteiger partial charge is 0.310 e. The van der Waals surface area contributed by atoms with Crippen molar-refractivity contribution in [3.63, 3.8) is 0 Å². The lowest BCUT2D eigenvalue weighted by molar-refractivity contribution is -0.151. The fourth-order valence-corrected chi connectivity index (χ4v) is 1.92. The molecule has 6 heteroatoms. The van der Waals surface area contributed by atoms with Gasteiger partial charge in [-0.1, -0.05) is 0 Å². The van der Waals surface area contributed by atoms with E-state index in [1.165, 1.54) is 0 Å². The largest absolute Gasteiger partial charge is 0.466 e. The van der Waals surface area contributed by atoms with E-state index in [1.807, 2.05) is 0 Å². The molecule has 1 saturated heterocycles. The molecular formula is C11H21ClN2O3. The standard InChI is InChI=1S/C11H20N2O3.ClH/c1-3-16-11(15)9-5-4-6-13(7-9)10(14)8(2)12;/h8-9H,3-7,12H2,1-2H3;1H. The first-order chi connectivity index (χ1) is 7.56. The summed E-state index contributed by atoms with van der Waals surface area (Å²) in [4.78, 5) is 24.9. The maximum absolute atomic E-state index is 11.7. The second-order valence-electron chi connectivity index (χ2n) is 4.16. The van der Waals surface area contributed by atoms with Crippen molar-refractivity contribution in [3.8, 4) is 0 Å². The van der Waals surface area contributed by atoms with Gasteiger partial charge >= 0.3 is 5.97 Å². The zero-order chi connectivity index (χ0) is 12.1. The van der Waals surface area contributed by atoms with Crippen LogP contribution in [0, 0.1) is 5.92 Å². The topological polar surface area (TPSA) is 72.6 Å². The zero-order valence-electron chi connectivity index (χ0n) is 10.3. The lowest BCUT2D eigenvalue weighted by Crippen LogP contribution is -2.48. The number of likely N-dealkylation sites (tertiary alicyclic amines) is 1. The highest BCUT2D eigenvalue weighted by atomic mass is 35.5. The third-order valence-corrected chi connectivity index (χ3v) is 2.74. The third-order valence-electron chi connectivity index (χ3n) is 2.74. The molecule has 1 aliphatic rings. The summed E-state index contributed by atoms with van der Waals surface area (Å²) in [6.45, 7) is 4.97. The Morgan fingerprint density at radius 1 is 1.53 bits per heavy atom. The average Bonchev–Trinajstić information content (AvgIpc) is 2.28. The fraction of sp³-hybridized carbons (Fsp3) is 0.818. The first-order valence-electron chi connectivity index (χ1n) is 5.77. The van der Waals surface area contributed by atoms with Crippen molar-refractivity contribution >= 4 is 24.3 Å². The molecule has 0 aliphatic carbocycles. The van der Waals surface area contributed by atoms with E-state index in [-0.39, 0.29) is 30.2 Å². The molecule has 100 valence electrons. The molecule has 2 atom stereocenters. The first-order valence-corrected chi connectivity index (χ1v) is 5.77. The Labute approximate surface area is 108 Å². The number of nitrogens with two attached hydrogens (primary N) is 1. The molecule has 0 radical (unpaired) electrons. The van der Waals surface area contributed by atoms with E-state index in [0.717, 1.165) is 12.8 Å². The van der Waals surface area contributed by atoms with Crippen molar-refractivity contribution in [2.75, 3.05) is 19.7 Å². The van der Waals surface area contributed by atoms with Crippen LogP contribution >= 0.6 is 12.4 Å². The molecule has 0 spiro atoms. The van der Waals surface area contributed by atoms with Gasteiger partial charge in [0, 0.05) is 13.1 Å². The molecule has 1 heterocycles. The molecule has 0 saturated carbocycles. The predicted molar refractivity (Wildman–Crippen MR) is 66.8 cm³/mol. The number of carbonyl (C=O) groups excluding carboxylic acids is 2. The number of nitrogens with zero attached hydrogens (tertiary/aromatic N) is 1. The van der Waals surface area contributed by atoms with Crippen molar-refractivity contribution in [3.05, 3.63) is 0 Å². The normalized spacial score (nSPS) is 21.4. The van der Waals surface area contributed by atoms with Crippen LogP contribution in [0.4, 0.5) is 0 Å². The number of piperidine rings is 1. The highest BCUT2D eigenvalue weighted by molar-refractivity contribution is 5.85. The van der Waals surface area contributed by atoms with E-state index in [4.69, 9.17) is 10.5 Å². The van der Waals surface area contributed by atoms with Gasteiger partial charge in [0.2, 0.25) is 5.91 Å². The second-order valence-corrected chi connectivity index (χ2v) is 4.16. The molecule has 5 nitrogen and oxygen atoms in total. The molecule has 2 N–H and O–H groups in total. The molecule has 1 aliphatic heterocycles. The SMILES string of the molecule is CCOC(=O)C1CCCN(C(=O)C(C)N)C1.Cl. The summed E-state index contributed by atoms with van der Waals surface area (Å²) in [6.07, 6.45) is 1.63. The molecule has 17 heavy (non-hydrogen) atoms. The van der Waals surface area contributed by atoms with Gasteiger partial charge < -0.3 is 15.4 Å². The Morgan fingerprint density at radius 2 is 2.18 bits per heavy atom. The lowest BCUT2D eigenvalue weighted by atomic mass is 9.98. The summed E-state index contributed by atoms with van der Waals surface area (Å²) in [5.74, 6) is -0.477. The second kappa shape index (κ2) is 7.50. The van der Waals surface area contributed by atoms with Gasteiger partial charge in [-0.05, 0) is 26.7 Å². The number of rotatable bonds is 3. The van der Waals surface area contributed by atoms with Gasteiger partial charge in [-0.25, -0.2) is 0 Å². The van der Waals surface area contributed by atoms with Crippen LogP contribution in [0.5, 0.6) is 0 Å². The van der Waals surface area contributed by atoms with Gasteiger partial charge in [0.05, 0.1) is 18.6 Å². The number of carbonyl (C=O) groups is 2. The van der Waals surface area contributed by atoms with Crippen LogP contribution in [0.1, 0.15) is 26.7 Å². The van der Waals surface area contributed by atoms with E-state index in [9.17, 15) is 9.59 Å². The number of ether oxygens (including phenoxy) is 1. The van der Waals surface area contributed by atoms with Gasteiger partial charge in [-0.2, -0.15) is 0 Å². The van der Waals surface area contributed by atoms with Crippen LogP contribution in [0.15, 0.2) is 0 Å². The van der Waals surface area contributed by atoms with E-state index < -0.39 is 6.04 Å². The Balaban J connectivity index is 0.00000256. The third kappa shape index (κ3) is 4.52. The maximum atomic E-state index is 11.7. The lowest BCUT2D eigenvalue weighted by Gasteiger charge is -2.32. The molecule has 0 aromatic carbocycles. The Morgan fingerprint density at radius 3 is 2.71 bits per heavy atom. The maximum Gasteiger partial charge on any atom is 0.310 e. The monoisotopic (exact) mass is 264 g/mol.